The average molecular weight is 384 g/mol. The molecule has 1 atom stereocenters. The zero-order valence-corrected chi connectivity index (χ0v) is 13.8. The van der Waals surface area contributed by atoms with Gasteiger partial charge in [-0.1, -0.05) is 19.8 Å². The third kappa shape index (κ3) is 6.57. The number of carbonyl (C=O) groups excluding carboxylic acids is 2. The summed E-state index contributed by atoms with van der Waals surface area (Å²) in [6.07, 6.45) is -9.23. The molecule has 0 aliphatic rings. The maximum absolute atomic E-state index is 12.8. The van der Waals surface area contributed by atoms with Crippen LogP contribution < -0.4 is 11.1 Å². The minimum absolute atomic E-state index is 0.0190. The minimum atomic E-state index is -5.00. The Hall–Kier alpha value is -2.26. The molecule has 2 amide bonds. The van der Waals surface area contributed by atoms with Crippen LogP contribution in [0.15, 0.2) is 18.2 Å². The zero-order valence-electron chi connectivity index (χ0n) is 13.8. The molecule has 0 aliphatic heterocycles. The average Bonchev–Trinajstić information content (AvgIpc) is 2.49. The summed E-state index contributed by atoms with van der Waals surface area (Å²) >= 11 is 0. The summed E-state index contributed by atoms with van der Waals surface area (Å²) in [6.45, 7) is 1.83. The first-order chi connectivity index (χ1) is 11.8. The van der Waals surface area contributed by atoms with Gasteiger partial charge in [-0.2, -0.15) is 26.3 Å². The molecule has 0 aromatic heterocycles. The van der Waals surface area contributed by atoms with Crippen LogP contribution in [-0.4, -0.2) is 17.9 Å². The highest BCUT2D eigenvalue weighted by Gasteiger charge is 2.37. The highest BCUT2D eigenvalue weighted by molar-refractivity contribution is 5.87. The number of nitrogens with two attached hydrogens (primary N) is 1. The largest absolute Gasteiger partial charge is 0.416 e. The van der Waals surface area contributed by atoms with E-state index in [9.17, 15) is 35.9 Å². The molecule has 1 aromatic rings. The Morgan fingerprint density at radius 1 is 1.04 bits per heavy atom. The van der Waals surface area contributed by atoms with E-state index in [4.69, 9.17) is 5.73 Å². The number of unbranched alkanes of at least 4 members (excludes halogenated alkanes) is 1. The van der Waals surface area contributed by atoms with Crippen molar-refractivity contribution in [3.63, 3.8) is 0 Å². The Balaban J connectivity index is 3.04. The van der Waals surface area contributed by atoms with Crippen LogP contribution in [0.1, 0.15) is 42.9 Å². The Kier molecular flexibility index (Phi) is 7.05. The zero-order chi connectivity index (χ0) is 20.1. The van der Waals surface area contributed by atoms with Gasteiger partial charge in [0, 0.05) is 0 Å². The van der Waals surface area contributed by atoms with Crippen molar-refractivity contribution in [1.29, 1.82) is 0 Å². The van der Waals surface area contributed by atoms with Crippen LogP contribution in [0.4, 0.5) is 26.3 Å². The second kappa shape index (κ2) is 8.41. The van der Waals surface area contributed by atoms with Crippen molar-refractivity contribution in [1.82, 2.24) is 5.32 Å². The van der Waals surface area contributed by atoms with Gasteiger partial charge in [-0.25, -0.2) is 0 Å². The van der Waals surface area contributed by atoms with Crippen molar-refractivity contribution in [3.8, 4) is 0 Å². The Morgan fingerprint density at radius 3 is 1.92 bits per heavy atom. The molecule has 0 unspecified atom stereocenters. The summed E-state index contributed by atoms with van der Waals surface area (Å²) in [4.78, 5) is 23.2. The molecule has 146 valence electrons. The smallest absolute Gasteiger partial charge is 0.368 e. The van der Waals surface area contributed by atoms with Gasteiger partial charge < -0.3 is 11.1 Å². The second-order valence-electron chi connectivity index (χ2n) is 5.76. The Bertz CT molecular complexity index is 623. The SMILES string of the molecule is CCCC[C@@H](NC(=O)Cc1cc(C(F)(F)F)cc(C(F)(F)F)c1)C(N)=O. The predicted molar refractivity (Wildman–Crippen MR) is 80.8 cm³/mol. The molecule has 0 bridgehead atoms. The van der Waals surface area contributed by atoms with Crippen molar-refractivity contribution >= 4 is 11.8 Å². The summed E-state index contributed by atoms with van der Waals surface area (Å²) < 4.78 is 76.8. The highest BCUT2D eigenvalue weighted by Crippen LogP contribution is 2.36. The van der Waals surface area contributed by atoms with Crippen molar-refractivity contribution in [2.75, 3.05) is 0 Å². The molecule has 1 rings (SSSR count). The molecule has 10 heteroatoms. The molecule has 0 fully saturated rings. The van der Waals surface area contributed by atoms with Gasteiger partial charge in [0.1, 0.15) is 6.04 Å². The quantitative estimate of drug-likeness (QED) is 0.707. The number of carbonyl (C=O) groups is 2. The molecule has 1 aromatic carbocycles. The molecule has 0 saturated heterocycles. The number of hydrogen-bond acceptors (Lipinski definition) is 2. The van der Waals surface area contributed by atoms with Crippen molar-refractivity contribution in [3.05, 3.63) is 34.9 Å². The first-order valence-corrected chi connectivity index (χ1v) is 7.71. The molecule has 0 spiro atoms. The van der Waals surface area contributed by atoms with Crippen molar-refractivity contribution in [2.45, 2.75) is 51.0 Å². The van der Waals surface area contributed by atoms with Crippen LogP contribution in [-0.2, 0) is 28.4 Å². The summed E-state index contributed by atoms with van der Waals surface area (Å²) in [5.41, 5.74) is 1.65. The molecule has 0 aliphatic carbocycles. The topological polar surface area (TPSA) is 72.2 Å². The maximum Gasteiger partial charge on any atom is 0.416 e. The number of amides is 2. The maximum atomic E-state index is 12.8. The van der Waals surface area contributed by atoms with Gasteiger partial charge >= 0.3 is 12.4 Å². The van der Waals surface area contributed by atoms with Crippen LogP contribution in [0.3, 0.4) is 0 Å². The van der Waals surface area contributed by atoms with Gasteiger partial charge in [0.25, 0.3) is 0 Å². The fourth-order valence-electron chi connectivity index (χ4n) is 2.25. The minimum Gasteiger partial charge on any atom is -0.368 e. The van der Waals surface area contributed by atoms with Crippen LogP contribution in [0, 0.1) is 0 Å². The van der Waals surface area contributed by atoms with Crippen LogP contribution in [0.2, 0.25) is 0 Å². The third-order valence-electron chi connectivity index (χ3n) is 3.54. The van der Waals surface area contributed by atoms with E-state index in [0.717, 1.165) is 0 Å². The summed E-state index contributed by atoms with van der Waals surface area (Å²) in [7, 11) is 0. The van der Waals surface area contributed by atoms with E-state index in [1.54, 1.807) is 0 Å². The molecule has 0 radical (unpaired) electrons. The summed E-state index contributed by atoms with van der Waals surface area (Å²) in [5.74, 6) is -1.72. The van der Waals surface area contributed by atoms with Crippen LogP contribution >= 0.6 is 0 Å². The molecule has 3 N–H and O–H groups in total. The number of benzene rings is 1. The standard InChI is InChI=1S/C16H18F6N2O2/c1-2-3-4-12(14(23)26)24-13(25)7-9-5-10(15(17,18)19)8-11(6-9)16(20,21)22/h5-6,8,12H,2-4,7H2,1H3,(H2,23,26)(H,24,25)/t12-/m1/s1. The van der Waals surface area contributed by atoms with E-state index in [-0.39, 0.29) is 12.5 Å². The molecule has 0 heterocycles. The van der Waals surface area contributed by atoms with E-state index in [1.165, 1.54) is 0 Å². The molecule has 4 nitrogen and oxygen atoms in total. The molecular weight excluding hydrogens is 366 g/mol. The molecular formula is C16H18F6N2O2. The number of halogens is 6. The van der Waals surface area contributed by atoms with Crippen molar-refractivity contribution in [2.24, 2.45) is 5.73 Å². The van der Waals surface area contributed by atoms with Gasteiger partial charge in [-0.3, -0.25) is 9.59 Å². The Labute approximate surface area is 145 Å². The first-order valence-electron chi connectivity index (χ1n) is 7.71. The third-order valence-corrected chi connectivity index (χ3v) is 3.54. The lowest BCUT2D eigenvalue weighted by atomic mass is 10.0. The van der Waals surface area contributed by atoms with E-state index in [2.05, 4.69) is 5.32 Å². The summed E-state index contributed by atoms with van der Waals surface area (Å²) in [6, 6.07) is -0.106. The highest BCUT2D eigenvalue weighted by atomic mass is 19.4. The number of primary amides is 1. The number of rotatable bonds is 7. The van der Waals surface area contributed by atoms with Gasteiger partial charge in [-0.15, -0.1) is 0 Å². The van der Waals surface area contributed by atoms with E-state index >= 15 is 0 Å². The summed E-state index contributed by atoms with van der Waals surface area (Å²) in [5, 5.41) is 2.24. The fraction of sp³-hybridized carbons (Fsp3) is 0.500. The Morgan fingerprint density at radius 2 is 1.54 bits per heavy atom. The predicted octanol–water partition coefficient (Wildman–Crippen LogP) is 3.43. The van der Waals surface area contributed by atoms with Gasteiger partial charge in [0.2, 0.25) is 11.8 Å². The van der Waals surface area contributed by atoms with E-state index in [1.807, 2.05) is 6.92 Å². The first kappa shape index (κ1) is 21.8. The molecule has 0 saturated carbocycles. The molecule has 26 heavy (non-hydrogen) atoms. The lowest BCUT2D eigenvalue weighted by Crippen LogP contribution is -2.45. The number of hydrogen-bond donors (Lipinski definition) is 2. The lowest BCUT2D eigenvalue weighted by Gasteiger charge is -2.17. The van der Waals surface area contributed by atoms with Gasteiger partial charge in [0.05, 0.1) is 17.5 Å². The lowest BCUT2D eigenvalue weighted by molar-refractivity contribution is -0.143. The van der Waals surface area contributed by atoms with E-state index in [0.29, 0.717) is 25.0 Å². The monoisotopic (exact) mass is 384 g/mol. The second-order valence-corrected chi connectivity index (χ2v) is 5.76. The fourth-order valence-corrected chi connectivity index (χ4v) is 2.25. The van der Waals surface area contributed by atoms with E-state index < -0.39 is 53.3 Å². The van der Waals surface area contributed by atoms with Gasteiger partial charge in [-0.05, 0) is 30.2 Å². The van der Waals surface area contributed by atoms with Crippen molar-refractivity contribution < 1.29 is 35.9 Å². The van der Waals surface area contributed by atoms with Crippen LogP contribution in [0.5, 0.6) is 0 Å². The number of alkyl halides is 6. The van der Waals surface area contributed by atoms with Crippen LogP contribution in [0.25, 0.3) is 0 Å². The number of nitrogens with one attached hydrogen (secondary N) is 1. The normalized spacial score (nSPS) is 13.3. The van der Waals surface area contributed by atoms with Gasteiger partial charge in [0.15, 0.2) is 0 Å².